The fraction of sp³-hybridized carbons (Fsp3) is 0.762. The van der Waals surface area contributed by atoms with Crippen molar-refractivity contribution in [3.05, 3.63) is 18.0 Å². The lowest BCUT2D eigenvalue weighted by molar-refractivity contribution is -0.107. The number of likely N-dealkylation sites (tertiary alicyclic amines) is 1. The fourth-order valence-electron chi connectivity index (χ4n) is 4.04. The van der Waals surface area contributed by atoms with Crippen LogP contribution in [0.25, 0.3) is 0 Å². The van der Waals surface area contributed by atoms with Crippen LogP contribution in [0.15, 0.2) is 12.4 Å². The Hall–Kier alpha value is -1.18. The summed E-state index contributed by atoms with van der Waals surface area (Å²) >= 11 is 2.06. The average Bonchev–Trinajstić information content (AvgIpc) is 3.29. The summed E-state index contributed by atoms with van der Waals surface area (Å²) in [5.74, 6) is 2.13. The number of piperazine rings is 1. The van der Waals surface area contributed by atoms with Crippen molar-refractivity contribution >= 4 is 24.0 Å². The van der Waals surface area contributed by atoms with Crippen molar-refractivity contribution in [2.75, 3.05) is 36.8 Å². The van der Waals surface area contributed by atoms with Gasteiger partial charge in [0.1, 0.15) is 6.29 Å². The van der Waals surface area contributed by atoms with Gasteiger partial charge in [0.05, 0.1) is 11.4 Å². The first-order chi connectivity index (χ1) is 13.6. The van der Waals surface area contributed by atoms with Gasteiger partial charge in [-0.25, -0.2) is 9.97 Å². The molecule has 3 aliphatic rings. The van der Waals surface area contributed by atoms with Gasteiger partial charge in [0.2, 0.25) is 5.95 Å². The van der Waals surface area contributed by atoms with Gasteiger partial charge in [-0.2, -0.15) is 0 Å². The number of anilines is 1. The number of unbranched alkanes of at least 4 members (excludes halogenated alkanes) is 1. The monoisotopic (exact) mass is 405 g/mol. The highest BCUT2D eigenvalue weighted by molar-refractivity contribution is 8.00. The first kappa shape index (κ1) is 21.5. The SMILES string of the molecule is CC(C)N1CC2CSC(C1)N2c1ncc(CN2CCCC2)cn1.CCCC=O. The third-order valence-corrected chi connectivity index (χ3v) is 7.02. The molecule has 156 valence electrons. The first-order valence-corrected chi connectivity index (χ1v) is 11.8. The van der Waals surface area contributed by atoms with Gasteiger partial charge in [-0.15, -0.1) is 11.8 Å². The minimum absolute atomic E-state index is 0.514. The summed E-state index contributed by atoms with van der Waals surface area (Å²) < 4.78 is 0. The molecule has 28 heavy (non-hydrogen) atoms. The molecule has 7 heteroatoms. The van der Waals surface area contributed by atoms with Gasteiger partial charge in [-0.3, -0.25) is 9.80 Å². The van der Waals surface area contributed by atoms with Crippen LogP contribution in [0, 0.1) is 0 Å². The van der Waals surface area contributed by atoms with Crippen LogP contribution < -0.4 is 4.90 Å². The number of rotatable bonds is 6. The molecule has 0 spiro atoms. The number of fused-ring (bicyclic) bond motifs is 2. The van der Waals surface area contributed by atoms with Crippen molar-refractivity contribution in [2.45, 2.75) is 70.5 Å². The molecule has 1 aromatic rings. The molecule has 4 rings (SSSR count). The van der Waals surface area contributed by atoms with Crippen LogP contribution in [0.1, 0.15) is 52.0 Å². The number of hydrogen-bond acceptors (Lipinski definition) is 7. The predicted octanol–water partition coefficient (Wildman–Crippen LogP) is 3.03. The van der Waals surface area contributed by atoms with E-state index in [0.717, 1.165) is 38.3 Å². The highest BCUT2D eigenvalue weighted by atomic mass is 32.2. The molecule has 0 aromatic carbocycles. The van der Waals surface area contributed by atoms with Gasteiger partial charge in [0, 0.05) is 55.8 Å². The topological polar surface area (TPSA) is 52.6 Å². The standard InChI is InChI=1S/C17H27N5S.C4H8O/c1-13(2)21-10-15-12-23-16(11-21)22(15)17-18-7-14(8-19-17)9-20-5-3-4-6-20;1-2-3-4-5/h7-8,13,15-16H,3-6,9-12H2,1-2H3;4H,2-3H2,1H3. The molecule has 3 fully saturated rings. The second-order valence-corrected chi connectivity index (χ2v) is 9.44. The van der Waals surface area contributed by atoms with Crippen molar-refractivity contribution in [1.29, 1.82) is 0 Å². The zero-order valence-corrected chi connectivity index (χ0v) is 18.4. The molecular weight excluding hydrogens is 370 g/mol. The summed E-state index contributed by atoms with van der Waals surface area (Å²) in [6.07, 6.45) is 9.36. The predicted molar refractivity (Wildman–Crippen MR) is 117 cm³/mol. The highest BCUT2D eigenvalue weighted by Gasteiger charge is 2.42. The van der Waals surface area contributed by atoms with E-state index in [4.69, 9.17) is 9.97 Å². The molecule has 3 saturated heterocycles. The largest absolute Gasteiger partial charge is 0.322 e. The molecule has 1 aromatic heterocycles. The summed E-state index contributed by atoms with van der Waals surface area (Å²) in [6, 6.07) is 1.19. The van der Waals surface area contributed by atoms with Gasteiger partial charge in [-0.05, 0) is 46.2 Å². The van der Waals surface area contributed by atoms with E-state index in [9.17, 15) is 4.79 Å². The molecule has 2 atom stereocenters. The summed E-state index contributed by atoms with van der Waals surface area (Å²) in [5, 5.41) is 0.514. The number of nitrogens with zero attached hydrogens (tertiary/aromatic N) is 5. The second-order valence-electron chi connectivity index (χ2n) is 8.23. The van der Waals surface area contributed by atoms with Crippen LogP contribution in [0.5, 0.6) is 0 Å². The van der Waals surface area contributed by atoms with Gasteiger partial charge < -0.3 is 9.69 Å². The van der Waals surface area contributed by atoms with Gasteiger partial charge >= 0.3 is 0 Å². The average molecular weight is 406 g/mol. The number of thioether (sulfide) groups is 1. The molecular formula is C21H35N5OS. The van der Waals surface area contributed by atoms with Gasteiger partial charge in [0.25, 0.3) is 0 Å². The Morgan fingerprint density at radius 1 is 1.21 bits per heavy atom. The molecule has 3 aliphatic heterocycles. The molecule has 0 N–H and O–H groups in total. The molecule has 4 heterocycles. The van der Waals surface area contributed by atoms with Gasteiger partial charge in [0.15, 0.2) is 0 Å². The van der Waals surface area contributed by atoms with Gasteiger partial charge in [-0.1, -0.05) is 6.92 Å². The van der Waals surface area contributed by atoms with E-state index in [1.165, 1.54) is 37.2 Å². The van der Waals surface area contributed by atoms with E-state index in [1.54, 1.807) is 0 Å². The lowest BCUT2D eigenvalue weighted by Crippen LogP contribution is -2.56. The van der Waals surface area contributed by atoms with E-state index in [-0.39, 0.29) is 0 Å². The molecule has 0 radical (unpaired) electrons. The van der Waals surface area contributed by atoms with Crippen LogP contribution >= 0.6 is 11.8 Å². The number of aromatic nitrogens is 2. The Bertz CT molecular complexity index is 591. The van der Waals surface area contributed by atoms with E-state index < -0.39 is 0 Å². The lowest BCUT2D eigenvalue weighted by atomic mass is 10.1. The normalized spacial score (nSPS) is 25.1. The summed E-state index contributed by atoms with van der Waals surface area (Å²) in [4.78, 5) is 26.4. The number of carbonyl (C=O) groups is 1. The molecule has 2 unspecified atom stereocenters. The Balaban J connectivity index is 0.000000403. The number of hydrogen-bond donors (Lipinski definition) is 0. The summed E-state index contributed by atoms with van der Waals surface area (Å²) in [7, 11) is 0. The van der Waals surface area contributed by atoms with Crippen molar-refractivity contribution in [2.24, 2.45) is 0 Å². The maximum atomic E-state index is 9.40. The Labute approximate surface area is 174 Å². The third kappa shape index (κ3) is 5.45. The number of aldehydes is 1. The quantitative estimate of drug-likeness (QED) is 0.674. The van der Waals surface area contributed by atoms with E-state index >= 15 is 0 Å². The fourth-order valence-corrected chi connectivity index (χ4v) is 5.47. The summed E-state index contributed by atoms with van der Waals surface area (Å²) in [6.45, 7) is 12.3. The van der Waals surface area contributed by atoms with E-state index in [1.807, 2.05) is 19.3 Å². The maximum absolute atomic E-state index is 9.40. The van der Waals surface area contributed by atoms with Crippen molar-refractivity contribution < 1.29 is 4.79 Å². The maximum Gasteiger partial charge on any atom is 0.226 e. The Morgan fingerprint density at radius 2 is 1.93 bits per heavy atom. The zero-order valence-electron chi connectivity index (χ0n) is 17.6. The van der Waals surface area contributed by atoms with Crippen LogP contribution in [0.3, 0.4) is 0 Å². The van der Waals surface area contributed by atoms with Crippen molar-refractivity contribution in [3.8, 4) is 0 Å². The molecule has 0 amide bonds. The molecule has 0 saturated carbocycles. The smallest absolute Gasteiger partial charge is 0.226 e. The Morgan fingerprint density at radius 3 is 2.46 bits per heavy atom. The zero-order chi connectivity index (χ0) is 19.9. The highest BCUT2D eigenvalue weighted by Crippen LogP contribution is 2.36. The minimum atomic E-state index is 0.514. The van der Waals surface area contributed by atoms with E-state index in [2.05, 4.69) is 40.3 Å². The van der Waals surface area contributed by atoms with Crippen LogP contribution in [0.2, 0.25) is 0 Å². The molecule has 6 nitrogen and oxygen atoms in total. The van der Waals surface area contributed by atoms with Crippen molar-refractivity contribution in [3.63, 3.8) is 0 Å². The van der Waals surface area contributed by atoms with Crippen LogP contribution in [-0.4, -0.2) is 75.4 Å². The van der Waals surface area contributed by atoms with E-state index in [0.29, 0.717) is 23.9 Å². The summed E-state index contributed by atoms with van der Waals surface area (Å²) in [5.41, 5.74) is 1.25. The molecule has 0 aliphatic carbocycles. The Kier molecular flexibility index (Phi) is 8.11. The van der Waals surface area contributed by atoms with Crippen LogP contribution in [0.4, 0.5) is 5.95 Å². The lowest BCUT2D eigenvalue weighted by Gasteiger charge is -2.41. The number of carbonyl (C=O) groups excluding carboxylic acids is 1. The van der Waals surface area contributed by atoms with Crippen molar-refractivity contribution in [1.82, 2.24) is 19.8 Å². The van der Waals surface area contributed by atoms with Crippen LogP contribution in [-0.2, 0) is 11.3 Å². The molecule has 2 bridgehead atoms. The second kappa shape index (κ2) is 10.6. The minimum Gasteiger partial charge on any atom is -0.322 e. The third-order valence-electron chi connectivity index (χ3n) is 5.68. The first-order valence-electron chi connectivity index (χ1n) is 10.7.